The smallest absolute Gasteiger partial charge is 0.128 e. The van der Waals surface area contributed by atoms with Crippen LogP contribution < -0.4 is 15.1 Å². The Balaban J connectivity index is 0.000000845. The Labute approximate surface area is 239 Å². The molecule has 3 aromatic rings. The molecule has 8 heteroatoms. The van der Waals surface area contributed by atoms with Crippen molar-refractivity contribution in [1.82, 2.24) is 19.6 Å². The molecule has 0 bridgehead atoms. The number of rotatable bonds is 4. The largest absolute Gasteiger partial charge is 0.370 e. The van der Waals surface area contributed by atoms with E-state index in [4.69, 9.17) is 9.97 Å². The minimum atomic E-state index is -0.143. The number of aryl methyl sites for hydroxylation is 1. The Kier molecular flexibility index (Phi) is 10.4. The Morgan fingerprint density at radius 1 is 0.949 bits per heavy atom. The van der Waals surface area contributed by atoms with Gasteiger partial charge in [-0.25, -0.2) is 14.4 Å². The first-order valence-corrected chi connectivity index (χ1v) is 15.2. The number of pyridine rings is 2. The van der Waals surface area contributed by atoms with Crippen LogP contribution in [0, 0.1) is 17.7 Å². The SMILES string of the molecule is CC.CC.CCc1cc2nc(-c3ccc(N4CCNCC4)nc3)cc(N3CC4CCN(S)CC4C3)c2cc1F. The normalized spacial score (nSPS) is 21.1. The highest BCUT2D eigenvalue weighted by molar-refractivity contribution is 7.77. The van der Waals surface area contributed by atoms with Crippen molar-refractivity contribution in [3.05, 3.63) is 47.9 Å². The van der Waals surface area contributed by atoms with E-state index < -0.39 is 0 Å². The van der Waals surface area contributed by atoms with Crippen molar-refractivity contribution in [3.63, 3.8) is 0 Å². The van der Waals surface area contributed by atoms with Crippen LogP contribution in [0.5, 0.6) is 0 Å². The standard InChI is InChI=1S/C27H33FN6S.2C2H6/c1-2-18-11-25-22(12-23(18)28)26(33-15-20-5-8-34(35)17-21(20)16-33)13-24(31-25)19-3-4-27(30-14-19)32-9-6-29-7-10-32;2*1-2/h3-4,11-14,20-21,29,35H,2,5-10,15-17H2,1H3;2*1-2H3. The van der Waals surface area contributed by atoms with Crippen LogP contribution in [0.15, 0.2) is 36.5 Å². The third kappa shape index (κ3) is 6.50. The van der Waals surface area contributed by atoms with Crippen LogP contribution in [0.2, 0.25) is 0 Å². The molecule has 212 valence electrons. The number of nitrogens with zero attached hydrogens (tertiary/aromatic N) is 5. The lowest BCUT2D eigenvalue weighted by Gasteiger charge is -2.30. The molecule has 0 spiro atoms. The number of anilines is 2. The van der Waals surface area contributed by atoms with Crippen LogP contribution in [-0.4, -0.2) is 66.6 Å². The minimum Gasteiger partial charge on any atom is -0.370 e. The van der Waals surface area contributed by atoms with Crippen molar-refractivity contribution in [3.8, 4) is 11.3 Å². The maximum absolute atomic E-state index is 14.9. The van der Waals surface area contributed by atoms with Gasteiger partial charge in [-0.15, -0.1) is 0 Å². The summed E-state index contributed by atoms with van der Waals surface area (Å²) in [7, 11) is 0. The van der Waals surface area contributed by atoms with Crippen molar-refractivity contribution in [2.75, 3.05) is 62.2 Å². The van der Waals surface area contributed by atoms with Crippen molar-refractivity contribution >= 4 is 35.2 Å². The van der Waals surface area contributed by atoms with Gasteiger partial charge in [0.15, 0.2) is 0 Å². The summed E-state index contributed by atoms with van der Waals surface area (Å²) in [5.41, 5.74) is 4.53. The molecule has 39 heavy (non-hydrogen) atoms. The fourth-order valence-corrected chi connectivity index (χ4v) is 6.24. The first-order valence-electron chi connectivity index (χ1n) is 14.8. The summed E-state index contributed by atoms with van der Waals surface area (Å²) in [6.45, 7) is 17.9. The lowest BCUT2D eigenvalue weighted by atomic mass is 9.90. The highest BCUT2D eigenvalue weighted by atomic mass is 32.1. The van der Waals surface area contributed by atoms with Gasteiger partial charge in [0, 0.05) is 75.2 Å². The minimum absolute atomic E-state index is 0.143. The molecule has 0 saturated carbocycles. The van der Waals surface area contributed by atoms with Gasteiger partial charge in [-0.1, -0.05) is 47.4 Å². The van der Waals surface area contributed by atoms with Crippen LogP contribution in [0.25, 0.3) is 22.2 Å². The average molecular weight is 553 g/mol. The van der Waals surface area contributed by atoms with Crippen LogP contribution in [0.3, 0.4) is 0 Å². The van der Waals surface area contributed by atoms with Crippen molar-refractivity contribution in [2.45, 2.75) is 47.5 Å². The Bertz CT molecular complexity index is 1210. The molecule has 3 fully saturated rings. The second kappa shape index (κ2) is 13.8. The number of hydrogen-bond acceptors (Lipinski definition) is 7. The average Bonchev–Trinajstić information content (AvgIpc) is 3.42. The Morgan fingerprint density at radius 2 is 1.69 bits per heavy atom. The molecule has 1 aromatic carbocycles. The topological polar surface area (TPSA) is 47.5 Å². The summed E-state index contributed by atoms with van der Waals surface area (Å²) >= 11 is 4.61. The van der Waals surface area contributed by atoms with Crippen LogP contribution >= 0.6 is 12.8 Å². The summed E-state index contributed by atoms with van der Waals surface area (Å²) in [5.74, 6) is 2.11. The van der Waals surface area contributed by atoms with Crippen LogP contribution in [0.4, 0.5) is 15.9 Å². The zero-order valence-electron chi connectivity index (χ0n) is 24.3. The van der Waals surface area contributed by atoms with Crippen molar-refractivity contribution < 1.29 is 4.39 Å². The zero-order valence-corrected chi connectivity index (χ0v) is 25.1. The van der Waals surface area contributed by atoms with Crippen molar-refractivity contribution in [2.24, 2.45) is 11.8 Å². The van der Waals surface area contributed by atoms with E-state index in [1.807, 2.05) is 46.9 Å². The molecule has 2 unspecified atom stereocenters. The molecule has 2 atom stereocenters. The summed E-state index contributed by atoms with van der Waals surface area (Å²) < 4.78 is 17.0. The summed E-state index contributed by atoms with van der Waals surface area (Å²) in [6.07, 6.45) is 3.74. The molecule has 6 nitrogen and oxygen atoms in total. The monoisotopic (exact) mass is 552 g/mol. The van der Waals surface area contributed by atoms with E-state index in [1.54, 1.807) is 6.07 Å². The Hall–Kier alpha value is -2.42. The van der Waals surface area contributed by atoms with Crippen LogP contribution in [0.1, 0.15) is 46.6 Å². The van der Waals surface area contributed by atoms with Gasteiger partial charge >= 0.3 is 0 Å². The number of aromatic nitrogens is 2. The maximum atomic E-state index is 14.9. The molecule has 0 aliphatic carbocycles. The fourth-order valence-electron chi connectivity index (χ4n) is 5.92. The number of thiol groups is 1. The lowest BCUT2D eigenvalue weighted by Crippen LogP contribution is -2.43. The molecule has 1 N–H and O–H groups in total. The van der Waals surface area contributed by atoms with Gasteiger partial charge in [-0.3, -0.25) is 4.31 Å². The number of fused-ring (bicyclic) bond motifs is 2. The molecule has 3 aliphatic heterocycles. The summed E-state index contributed by atoms with van der Waals surface area (Å²) in [4.78, 5) is 14.5. The third-order valence-electron chi connectivity index (χ3n) is 7.94. The molecule has 3 saturated heterocycles. The number of halogens is 1. The van der Waals surface area contributed by atoms with Gasteiger partial charge in [0.2, 0.25) is 0 Å². The first kappa shape index (κ1) is 29.6. The lowest BCUT2D eigenvalue weighted by molar-refractivity contribution is 0.244. The van der Waals surface area contributed by atoms with E-state index in [-0.39, 0.29) is 5.82 Å². The first-order chi connectivity index (χ1) is 19.1. The van der Waals surface area contributed by atoms with Gasteiger partial charge in [0.1, 0.15) is 11.6 Å². The van der Waals surface area contributed by atoms with Crippen molar-refractivity contribution in [1.29, 1.82) is 0 Å². The highest BCUT2D eigenvalue weighted by Crippen LogP contribution is 2.39. The quantitative estimate of drug-likeness (QED) is 0.384. The number of piperazine rings is 1. The summed E-state index contributed by atoms with van der Waals surface area (Å²) in [5, 5.41) is 4.29. The van der Waals surface area contributed by atoms with E-state index in [2.05, 4.69) is 50.4 Å². The second-order valence-electron chi connectivity index (χ2n) is 10.1. The second-order valence-corrected chi connectivity index (χ2v) is 10.7. The van der Waals surface area contributed by atoms with E-state index in [1.165, 1.54) is 0 Å². The molecule has 6 rings (SSSR count). The third-order valence-corrected chi connectivity index (χ3v) is 8.30. The van der Waals surface area contributed by atoms with E-state index >= 15 is 0 Å². The van der Waals surface area contributed by atoms with Gasteiger partial charge in [-0.05, 0) is 60.6 Å². The van der Waals surface area contributed by atoms with E-state index in [0.717, 1.165) is 92.4 Å². The van der Waals surface area contributed by atoms with Gasteiger partial charge < -0.3 is 15.1 Å². The predicted molar refractivity (Wildman–Crippen MR) is 166 cm³/mol. The number of hydrogen-bond donors (Lipinski definition) is 2. The molecular weight excluding hydrogens is 507 g/mol. The number of nitrogens with one attached hydrogen (secondary N) is 1. The van der Waals surface area contributed by atoms with Gasteiger partial charge in [0.25, 0.3) is 0 Å². The molecule has 5 heterocycles. The molecule has 3 aliphatic rings. The summed E-state index contributed by atoms with van der Waals surface area (Å²) in [6, 6.07) is 9.98. The van der Waals surface area contributed by atoms with Gasteiger partial charge in [0.05, 0.1) is 11.2 Å². The van der Waals surface area contributed by atoms with Crippen LogP contribution in [-0.2, 0) is 6.42 Å². The Morgan fingerprint density at radius 3 is 2.38 bits per heavy atom. The van der Waals surface area contributed by atoms with Gasteiger partial charge in [-0.2, -0.15) is 0 Å². The fraction of sp³-hybridized carbons (Fsp3) is 0.548. The number of piperidine rings is 1. The van der Waals surface area contributed by atoms with E-state index in [9.17, 15) is 4.39 Å². The molecule has 0 radical (unpaired) electrons. The predicted octanol–water partition coefficient (Wildman–Crippen LogP) is 6.06. The highest BCUT2D eigenvalue weighted by Gasteiger charge is 2.37. The zero-order chi connectivity index (χ0) is 27.9. The molecular formula is C31H45FN6S. The molecule has 2 aromatic heterocycles. The maximum Gasteiger partial charge on any atom is 0.128 e. The van der Waals surface area contributed by atoms with E-state index in [0.29, 0.717) is 23.8 Å². The number of benzene rings is 1. The molecule has 0 amide bonds.